The van der Waals surface area contributed by atoms with Crippen molar-refractivity contribution in [2.75, 3.05) is 18.0 Å². The highest BCUT2D eigenvalue weighted by Gasteiger charge is 2.31. The highest BCUT2D eigenvalue weighted by molar-refractivity contribution is 5.60. The van der Waals surface area contributed by atoms with Crippen molar-refractivity contribution in [3.63, 3.8) is 0 Å². The number of nitrogens with zero attached hydrogens (tertiary/aromatic N) is 2. The standard InChI is InChI=1S/C16H21F3N2/c1-4-12(5-2)11-21(6-3)15-8-7-14(16(17,18)19)9-13(15)10-20/h7-9,12H,4-6,11H2,1-3H3. The van der Waals surface area contributed by atoms with E-state index in [0.717, 1.165) is 31.5 Å². The van der Waals surface area contributed by atoms with Gasteiger partial charge in [0.1, 0.15) is 6.07 Å². The molecule has 0 heterocycles. The number of rotatable bonds is 6. The van der Waals surface area contributed by atoms with Crippen molar-refractivity contribution >= 4 is 5.69 Å². The van der Waals surface area contributed by atoms with Gasteiger partial charge in [-0.25, -0.2) is 0 Å². The molecule has 1 aromatic carbocycles. The van der Waals surface area contributed by atoms with Crippen LogP contribution >= 0.6 is 0 Å². The van der Waals surface area contributed by atoms with E-state index in [0.29, 0.717) is 18.2 Å². The van der Waals surface area contributed by atoms with Crippen molar-refractivity contribution in [1.29, 1.82) is 5.26 Å². The Kier molecular flexibility index (Phi) is 6.07. The van der Waals surface area contributed by atoms with Gasteiger partial charge in [0.2, 0.25) is 0 Å². The van der Waals surface area contributed by atoms with Crippen LogP contribution in [0.5, 0.6) is 0 Å². The molecule has 0 radical (unpaired) electrons. The van der Waals surface area contributed by atoms with Crippen LogP contribution in [0.15, 0.2) is 18.2 Å². The molecule has 0 spiro atoms. The fourth-order valence-electron chi connectivity index (χ4n) is 2.33. The van der Waals surface area contributed by atoms with Crippen molar-refractivity contribution in [1.82, 2.24) is 0 Å². The highest BCUT2D eigenvalue weighted by Crippen LogP contribution is 2.33. The second-order valence-corrected chi connectivity index (χ2v) is 5.06. The molecule has 0 bridgehead atoms. The van der Waals surface area contributed by atoms with Crippen LogP contribution in [0.25, 0.3) is 0 Å². The minimum Gasteiger partial charge on any atom is -0.370 e. The van der Waals surface area contributed by atoms with Crippen molar-refractivity contribution in [3.8, 4) is 6.07 Å². The van der Waals surface area contributed by atoms with Crippen LogP contribution in [0.3, 0.4) is 0 Å². The Morgan fingerprint density at radius 1 is 1.19 bits per heavy atom. The zero-order valence-electron chi connectivity index (χ0n) is 12.7. The fraction of sp³-hybridized carbons (Fsp3) is 0.562. The van der Waals surface area contributed by atoms with E-state index in [2.05, 4.69) is 13.8 Å². The number of anilines is 1. The van der Waals surface area contributed by atoms with E-state index < -0.39 is 11.7 Å². The predicted molar refractivity (Wildman–Crippen MR) is 78.1 cm³/mol. The lowest BCUT2D eigenvalue weighted by molar-refractivity contribution is -0.137. The largest absolute Gasteiger partial charge is 0.416 e. The SMILES string of the molecule is CCC(CC)CN(CC)c1ccc(C(F)(F)F)cc1C#N. The lowest BCUT2D eigenvalue weighted by atomic mass is 10.0. The van der Waals surface area contributed by atoms with E-state index in [1.807, 2.05) is 17.9 Å². The quantitative estimate of drug-likeness (QED) is 0.751. The van der Waals surface area contributed by atoms with Gasteiger partial charge in [-0.1, -0.05) is 26.7 Å². The highest BCUT2D eigenvalue weighted by atomic mass is 19.4. The van der Waals surface area contributed by atoms with Gasteiger partial charge in [0.25, 0.3) is 0 Å². The number of hydrogen-bond acceptors (Lipinski definition) is 2. The summed E-state index contributed by atoms with van der Waals surface area (Å²) in [4.78, 5) is 1.98. The van der Waals surface area contributed by atoms with Crippen molar-refractivity contribution < 1.29 is 13.2 Å². The Morgan fingerprint density at radius 2 is 1.81 bits per heavy atom. The molecule has 1 rings (SSSR count). The minimum atomic E-state index is -4.42. The smallest absolute Gasteiger partial charge is 0.370 e. The Balaban J connectivity index is 3.13. The van der Waals surface area contributed by atoms with Gasteiger partial charge in [0.05, 0.1) is 16.8 Å². The summed E-state index contributed by atoms with van der Waals surface area (Å²) in [7, 11) is 0. The molecule has 0 atom stereocenters. The number of alkyl halides is 3. The van der Waals surface area contributed by atoms with Crippen LogP contribution in [0.1, 0.15) is 44.7 Å². The normalized spacial score (nSPS) is 11.5. The summed E-state index contributed by atoms with van der Waals surface area (Å²) in [6.07, 6.45) is -2.40. The summed E-state index contributed by atoms with van der Waals surface area (Å²) >= 11 is 0. The molecular weight excluding hydrogens is 277 g/mol. The summed E-state index contributed by atoms with van der Waals surface area (Å²) in [6.45, 7) is 7.56. The molecule has 0 unspecified atom stereocenters. The molecule has 2 nitrogen and oxygen atoms in total. The molecule has 21 heavy (non-hydrogen) atoms. The molecular formula is C16H21F3N2. The van der Waals surface area contributed by atoms with Crippen LogP contribution < -0.4 is 4.90 Å². The molecule has 116 valence electrons. The Labute approximate surface area is 124 Å². The summed E-state index contributed by atoms with van der Waals surface area (Å²) in [5.41, 5.74) is -0.112. The van der Waals surface area contributed by atoms with Crippen LogP contribution in [0.2, 0.25) is 0 Å². The van der Waals surface area contributed by atoms with E-state index in [1.54, 1.807) is 0 Å². The maximum absolute atomic E-state index is 12.7. The molecule has 0 N–H and O–H groups in total. The third-order valence-electron chi connectivity index (χ3n) is 3.80. The lowest BCUT2D eigenvalue weighted by Gasteiger charge is -2.28. The van der Waals surface area contributed by atoms with Gasteiger partial charge in [-0.05, 0) is 31.0 Å². The maximum atomic E-state index is 12.7. The third-order valence-corrected chi connectivity index (χ3v) is 3.80. The molecule has 1 aromatic rings. The first-order valence-corrected chi connectivity index (χ1v) is 7.23. The zero-order chi connectivity index (χ0) is 16.0. The van der Waals surface area contributed by atoms with Gasteiger partial charge >= 0.3 is 6.18 Å². The first-order valence-electron chi connectivity index (χ1n) is 7.23. The van der Waals surface area contributed by atoms with Crippen molar-refractivity contribution in [3.05, 3.63) is 29.3 Å². The van der Waals surface area contributed by atoms with Gasteiger partial charge in [-0.3, -0.25) is 0 Å². The fourth-order valence-corrected chi connectivity index (χ4v) is 2.33. The molecule has 0 saturated heterocycles. The number of hydrogen-bond donors (Lipinski definition) is 0. The summed E-state index contributed by atoms with van der Waals surface area (Å²) in [5, 5.41) is 9.16. The second-order valence-electron chi connectivity index (χ2n) is 5.06. The topological polar surface area (TPSA) is 27.0 Å². The summed E-state index contributed by atoms with van der Waals surface area (Å²) < 4.78 is 38.1. The average Bonchev–Trinajstić information content (AvgIpc) is 2.47. The van der Waals surface area contributed by atoms with Crippen LogP contribution in [0, 0.1) is 17.2 Å². The van der Waals surface area contributed by atoms with E-state index in [9.17, 15) is 13.2 Å². The van der Waals surface area contributed by atoms with Crippen LogP contribution in [-0.2, 0) is 6.18 Å². The molecule has 0 aliphatic heterocycles. The van der Waals surface area contributed by atoms with E-state index in [-0.39, 0.29) is 5.56 Å². The zero-order valence-corrected chi connectivity index (χ0v) is 12.7. The molecule has 0 fully saturated rings. The van der Waals surface area contributed by atoms with Crippen LogP contribution in [0.4, 0.5) is 18.9 Å². The van der Waals surface area contributed by atoms with E-state index >= 15 is 0 Å². The van der Waals surface area contributed by atoms with Crippen molar-refractivity contribution in [2.24, 2.45) is 5.92 Å². The summed E-state index contributed by atoms with van der Waals surface area (Å²) in [5.74, 6) is 0.471. The predicted octanol–water partition coefficient (Wildman–Crippen LogP) is 4.84. The summed E-state index contributed by atoms with van der Waals surface area (Å²) in [6, 6.07) is 5.28. The molecule has 0 saturated carbocycles. The lowest BCUT2D eigenvalue weighted by Crippen LogP contribution is -2.29. The molecule has 0 amide bonds. The van der Waals surface area contributed by atoms with Gasteiger partial charge in [-0.2, -0.15) is 18.4 Å². The van der Waals surface area contributed by atoms with Crippen molar-refractivity contribution in [2.45, 2.75) is 39.8 Å². The molecule has 5 heteroatoms. The number of benzene rings is 1. The monoisotopic (exact) mass is 298 g/mol. The maximum Gasteiger partial charge on any atom is 0.416 e. The molecule has 0 aliphatic carbocycles. The van der Waals surface area contributed by atoms with Gasteiger partial charge in [0.15, 0.2) is 0 Å². The number of halogens is 3. The van der Waals surface area contributed by atoms with Gasteiger partial charge < -0.3 is 4.90 Å². The Bertz CT molecular complexity index is 499. The van der Waals surface area contributed by atoms with E-state index in [4.69, 9.17) is 5.26 Å². The van der Waals surface area contributed by atoms with Crippen LogP contribution in [-0.4, -0.2) is 13.1 Å². The minimum absolute atomic E-state index is 0.0811. The van der Waals surface area contributed by atoms with E-state index in [1.165, 1.54) is 6.07 Å². The Hall–Kier alpha value is -1.70. The molecule has 0 aliphatic rings. The average molecular weight is 298 g/mol. The second kappa shape index (κ2) is 7.35. The number of nitriles is 1. The van der Waals surface area contributed by atoms with Gasteiger partial charge in [-0.15, -0.1) is 0 Å². The van der Waals surface area contributed by atoms with Gasteiger partial charge in [0, 0.05) is 13.1 Å². The first kappa shape index (κ1) is 17.4. The Morgan fingerprint density at radius 3 is 2.24 bits per heavy atom. The first-order chi connectivity index (χ1) is 9.87. The third kappa shape index (κ3) is 4.38. The molecule has 0 aromatic heterocycles.